The van der Waals surface area contributed by atoms with Gasteiger partial charge in [0.1, 0.15) is 11.6 Å². The van der Waals surface area contributed by atoms with Crippen molar-refractivity contribution in [2.24, 2.45) is 35.5 Å². The molecule has 6 atom stereocenters. The first-order valence-corrected chi connectivity index (χ1v) is 7.93. The van der Waals surface area contributed by atoms with Crippen LogP contribution >= 0.6 is 0 Å². The number of carbonyl (C=O) groups is 2. The fourth-order valence-corrected chi connectivity index (χ4v) is 5.13. The summed E-state index contributed by atoms with van der Waals surface area (Å²) in [7, 11) is 0. The van der Waals surface area contributed by atoms with Crippen molar-refractivity contribution < 1.29 is 9.59 Å². The molecule has 0 amide bonds. The first-order chi connectivity index (χ1) is 8.93. The van der Waals surface area contributed by atoms with Gasteiger partial charge in [-0.05, 0) is 62.7 Å². The molecule has 0 aliphatic heterocycles. The molecule has 0 aromatic rings. The van der Waals surface area contributed by atoms with Gasteiger partial charge < -0.3 is 4.79 Å². The standard InChI is InChI=1S/C17H28O2/c1-5-14-8-13-6-10(2)17(12(4)19)16(9-13)15(14)7-11(3)18/h10,13-17H,5-9H2,1-4H3. The highest BCUT2D eigenvalue weighted by molar-refractivity contribution is 5.79. The second kappa shape index (κ2) is 5.76. The van der Waals surface area contributed by atoms with Gasteiger partial charge in [0.25, 0.3) is 0 Å². The monoisotopic (exact) mass is 264 g/mol. The summed E-state index contributed by atoms with van der Waals surface area (Å²) in [4.78, 5) is 23.7. The molecule has 0 saturated heterocycles. The van der Waals surface area contributed by atoms with E-state index >= 15 is 0 Å². The van der Waals surface area contributed by atoms with Gasteiger partial charge in [-0.15, -0.1) is 0 Å². The maximum Gasteiger partial charge on any atom is 0.133 e. The summed E-state index contributed by atoms with van der Waals surface area (Å²) >= 11 is 0. The zero-order valence-electron chi connectivity index (χ0n) is 12.8. The third-order valence-electron chi connectivity index (χ3n) is 5.69. The minimum absolute atomic E-state index is 0.204. The molecule has 2 aliphatic rings. The number of carbonyl (C=O) groups excluding carboxylic acids is 2. The minimum atomic E-state index is 0.204. The molecule has 2 nitrogen and oxygen atoms in total. The fourth-order valence-electron chi connectivity index (χ4n) is 5.13. The van der Waals surface area contributed by atoms with Gasteiger partial charge in [0.05, 0.1) is 0 Å². The Morgan fingerprint density at radius 3 is 2.32 bits per heavy atom. The first kappa shape index (κ1) is 14.7. The molecule has 0 heterocycles. The lowest BCUT2D eigenvalue weighted by molar-refractivity contribution is -0.133. The van der Waals surface area contributed by atoms with E-state index in [1.165, 1.54) is 19.3 Å². The normalized spacial score (nSPS) is 41.9. The molecular formula is C17H28O2. The minimum Gasteiger partial charge on any atom is -0.300 e. The van der Waals surface area contributed by atoms with Crippen LogP contribution in [0.25, 0.3) is 0 Å². The van der Waals surface area contributed by atoms with Crippen molar-refractivity contribution in [2.45, 2.75) is 59.8 Å². The summed E-state index contributed by atoms with van der Waals surface area (Å²) in [6, 6.07) is 0. The van der Waals surface area contributed by atoms with Gasteiger partial charge in [0.2, 0.25) is 0 Å². The van der Waals surface area contributed by atoms with E-state index in [2.05, 4.69) is 13.8 Å². The molecule has 0 N–H and O–H groups in total. The Kier molecular flexibility index (Phi) is 4.47. The molecule has 108 valence electrons. The third-order valence-corrected chi connectivity index (χ3v) is 5.69. The summed E-state index contributed by atoms with van der Waals surface area (Å²) < 4.78 is 0. The van der Waals surface area contributed by atoms with Gasteiger partial charge in [-0.2, -0.15) is 0 Å². The van der Waals surface area contributed by atoms with Crippen LogP contribution in [-0.2, 0) is 9.59 Å². The molecular weight excluding hydrogens is 236 g/mol. The Bertz CT molecular complexity index is 360. The van der Waals surface area contributed by atoms with Gasteiger partial charge in [-0.25, -0.2) is 0 Å². The fraction of sp³-hybridized carbons (Fsp3) is 0.882. The lowest BCUT2D eigenvalue weighted by atomic mass is 9.54. The van der Waals surface area contributed by atoms with E-state index < -0.39 is 0 Å². The van der Waals surface area contributed by atoms with Crippen LogP contribution in [0.5, 0.6) is 0 Å². The topological polar surface area (TPSA) is 34.1 Å². The zero-order valence-corrected chi connectivity index (χ0v) is 12.8. The van der Waals surface area contributed by atoms with Crippen LogP contribution in [0.15, 0.2) is 0 Å². The van der Waals surface area contributed by atoms with Gasteiger partial charge in [-0.1, -0.05) is 20.3 Å². The second-order valence-electron chi connectivity index (χ2n) is 7.09. The maximum atomic E-state index is 12.1. The van der Waals surface area contributed by atoms with E-state index in [0.29, 0.717) is 41.7 Å². The highest BCUT2D eigenvalue weighted by atomic mass is 16.1. The molecule has 2 heteroatoms. The van der Waals surface area contributed by atoms with E-state index in [-0.39, 0.29) is 5.92 Å². The molecule has 2 bridgehead atoms. The predicted molar refractivity (Wildman–Crippen MR) is 76.7 cm³/mol. The Hall–Kier alpha value is -0.660. The van der Waals surface area contributed by atoms with Crippen LogP contribution in [0.1, 0.15) is 59.8 Å². The molecule has 2 saturated carbocycles. The molecule has 0 aromatic carbocycles. The lowest BCUT2D eigenvalue weighted by Crippen LogP contribution is -2.46. The molecule has 2 fully saturated rings. The Labute approximate surface area is 117 Å². The van der Waals surface area contributed by atoms with E-state index in [4.69, 9.17) is 0 Å². The molecule has 0 radical (unpaired) electrons. The SMILES string of the molecule is CCC1CC2CC(C)C(C(C)=O)C(C2)C1CC(C)=O. The smallest absolute Gasteiger partial charge is 0.133 e. The van der Waals surface area contributed by atoms with Crippen molar-refractivity contribution in [3.63, 3.8) is 0 Å². The average molecular weight is 264 g/mol. The van der Waals surface area contributed by atoms with Crippen molar-refractivity contribution >= 4 is 11.6 Å². The first-order valence-electron chi connectivity index (χ1n) is 7.93. The number of hydrogen-bond acceptors (Lipinski definition) is 2. The molecule has 0 aromatic heterocycles. The highest BCUT2D eigenvalue weighted by Gasteiger charge is 2.47. The largest absolute Gasteiger partial charge is 0.300 e. The molecule has 0 spiro atoms. The van der Waals surface area contributed by atoms with E-state index in [1.54, 1.807) is 13.8 Å². The van der Waals surface area contributed by atoms with Gasteiger partial charge >= 0.3 is 0 Å². The van der Waals surface area contributed by atoms with E-state index in [1.807, 2.05) is 0 Å². The number of hydrogen-bond donors (Lipinski definition) is 0. The molecule has 2 aliphatic carbocycles. The second-order valence-corrected chi connectivity index (χ2v) is 7.09. The number of fused-ring (bicyclic) bond motifs is 2. The van der Waals surface area contributed by atoms with Crippen LogP contribution in [0, 0.1) is 35.5 Å². The highest BCUT2D eigenvalue weighted by Crippen LogP contribution is 2.53. The number of ketones is 2. The van der Waals surface area contributed by atoms with Crippen LogP contribution in [0.4, 0.5) is 0 Å². The van der Waals surface area contributed by atoms with Crippen molar-refractivity contribution in [1.82, 2.24) is 0 Å². The van der Waals surface area contributed by atoms with Crippen LogP contribution in [0.3, 0.4) is 0 Å². The van der Waals surface area contributed by atoms with E-state index in [9.17, 15) is 9.59 Å². The van der Waals surface area contributed by atoms with Gasteiger partial charge in [0.15, 0.2) is 0 Å². The van der Waals surface area contributed by atoms with Gasteiger partial charge in [0, 0.05) is 12.3 Å². The lowest BCUT2D eigenvalue weighted by Gasteiger charge is -2.50. The maximum absolute atomic E-state index is 12.1. The van der Waals surface area contributed by atoms with E-state index in [0.717, 1.165) is 12.3 Å². The molecule has 2 rings (SSSR count). The Balaban J connectivity index is 2.26. The van der Waals surface area contributed by atoms with Gasteiger partial charge in [-0.3, -0.25) is 4.79 Å². The third kappa shape index (κ3) is 2.93. The number of Topliss-reactive ketones (excluding diaryl/α,β-unsaturated/α-hetero) is 2. The van der Waals surface area contributed by atoms with Crippen LogP contribution in [-0.4, -0.2) is 11.6 Å². The van der Waals surface area contributed by atoms with Crippen molar-refractivity contribution in [3.8, 4) is 0 Å². The Morgan fingerprint density at radius 1 is 1.11 bits per heavy atom. The van der Waals surface area contributed by atoms with Crippen molar-refractivity contribution in [3.05, 3.63) is 0 Å². The summed E-state index contributed by atoms with van der Waals surface area (Å²) in [6.45, 7) is 7.93. The quantitative estimate of drug-likeness (QED) is 0.772. The van der Waals surface area contributed by atoms with Crippen LogP contribution in [0.2, 0.25) is 0 Å². The summed E-state index contributed by atoms with van der Waals surface area (Å²) in [6.07, 6.45) is 5.52. The predicted octanol–water partition coefficient (Wildman–Crippen LogP) is 3.88. The van der Waals surface area contributed by atoms with Crippen molar-refractivity contribution in [1.29, 1.82) is 0 Å². The molecule has 19 heavy (non-hydrogen) atoms. The summed E-state index contributed by atoms with van der Waals surface area (Å²) in [5, 5.41) is 0. The zero-order chi connectivity index (χ0) is 14.2. The number of rotatable bonds is 4. The van der Waals surface area contributed by atoms with Crippen molar-refractivity contribution in [2.75, 3.05) is 0 Å². The summed E-state index contributed by atoms with van der Waals surface area (Å²) in [5.74, 6) is 3.72. The molecule has 6 unspecified atom stereocenters. The Morgan fingerprint density at radius 2 is 1.79 bits per heavy atom. The summed E-state index contributed by atoms with van der Waals surface area (Å²) in [5.41, 5.74) is 0. The average Bonchev–Trinajstić information content (AvgIpc) is 2.30. The van der Waals surface area contributed by atoms with Crippen LogP contribution < -0.4 is 0 Å².